The maximum absolute atomic E-state index is 3.89. The van der Waals surface area contributed by atoms with Crippen LogP contribution in [0.5, 0.6) is 0 Å². The van der Waals surface area contributed by atoms with Crippen LogP contribution in [-0.2, 0) is 0 Å². The first kappa shape index (κ1) is 26.9. The van der Waals surface area contributed by atoms with E-state index in [1.165, 1.54) is 54.7 Å². The summed E-state index contributed by atoms with van der Waals surface area (Å²) in [6, 6.07) is 61.5. The van der Waals surface area contributed by atoms with Crippen LogP contribution in [0, 0.1) is 0 Å². The Hall–Kier alpha value is -6.26. The van der Waals surface area contributed by atoms with Crippen LogP contribution in [0.25, 0.3) is 55.0 Å². The van der Waals surface area contributed by atoms with Crippen molar-refractivity contribution < 1.29 is 0 Å². The first-order valence-electron chi connectivity index (χ1n) is 16.6. The molecule has 1 aliphatic heterocycles. The van der Waals surface area contributed by atoms with Crippen molar-refractivity contribution >= 4 is 55.0 Å². The zero-order valence-corrected chi connectivity index (χ0v) is 26.2. The molecule has 0 bridgehead atoms. The smallest absolute Gasteiger partial charge is 0.0758 e. The summed E-state index contributed by atoms with van der Waals surface area (Å²) in [6.07, 6.45) is 0. The highest BCUT2D eigenvalue weighted by molar-refractivity contribution is 6.10. The summed E-state index contributed by atoms with van der Waals surface area (Å²) in [5.74, 6) is 0. The van der Waals surface area contributed by atoms with E-state index in [4.69, 9.17) is 0 Å². The molecule has 3 heterocycles. The van der Waals surface area contributed by atoms with E-state index in [0.29, 0.717) is 0 Å². The van der Waals surface area contributed by atoms with Crippen molar-refractivity contribution in [3.05, 3.63) is 181 Å². The standard InChI is InChI=1S/C44H32N4/c1-7-17-39-33(11-1)34-12-2-8-18-40(34)47(39)31-25-21-29(22-26-31)43-44(46-38-16-6-5-15-37(38)45-43)30-23-27-32(28-24-30)48-41-19-9-3-13-35(41)36-14-4-10-20-42(36)48/h1-28,43-46H. The number of aromatic nitrogens is 2. The number of nitrogens with one attached hydrogen (secondary N) is 2. The Morgan fingerprint density at radius 2 is 0.604 bits per heavy atom. The van der Waals surface area contributed by atoms with Gasteiger partial charge in [-0.25, -0.2) is 0 Å². The van der Waals surface area contributed by atoms with Gasteiger partial charge in [0.1, 0.15) is 0 Å². The highest BCUT2D eigenvalue weighted by atomic mass is 15.1. The number of rotatable bonds is 4. The van der Waals surface area contributed by atoms with Gasteiger partial charge in [0.15, 0.2) is 0 Å². The van der Waals surface area contributed by atoms with Gasteiger partial charge in [-0.05, 0) is 71.8 Å². The van der Waals surface area contributed by atoms with Crippen molar-refractivity contribution in [3.8, 4) is 11.4 Å². The predicted octanol–water partition coefficient (Wildman–Crippen LogP) is 11.2. The fraction of sp³-hybridized carbons (Fsp3) is 0.0455. The fourth-order valence-corrected chi connectivity index (χ4v) is 7.85. The molecule has 48 heavy (non-hydrogen) atoms. The molecule has 2 unspecified atom stereocenters. The minimum absolute atomic E-state index is 0.0335. The van der Waals surface area contributed by atoms with Gasteiger partial charge in [-0.1, -0.05) is 109 Å². The topological polar surface area (TPSA) is 33.9 Å². The van der Waals surface area contributed by atoms with Crippen LogP contribution in [0.1, 0.15) is 23.2 Å². The summed E-state index contributed by atoms with van der Waals surface area (Å²) in [5, 5.41) is 12.9. The molecule has 2 atom stereocenters. The first-order valence-corrected chi connectivity index (χ1v) is 16.6. The second-order valence-corrected chi connectivity index (χ2v) is 12.7. The lowest BCUT2D eigenvalue weighted by atomic mass is 9.90. The van der Waals surface area contributed by atoms with Crippen molar-refractivity contribution in [2.24, 2.45) is 0 Å². The highest BCUT2D eigenvalue weighted by Gasteiger charge is 2.30. The van der Waals surface area contributed by atoms with E-state index in [-0.39, 0.29) is 12.1 Å². The minimum atomic E-state index is 0.0335. The van der Waals surface area contributed by atoms with Crippen LogP contribution < -0.4 is 10.6 Å². The normalized spacial score (nSPS) is 15.8. The van der Waals surface area contributed by atoms with Crippen LogP contribution in [-0.4, -0.2) is 9.13 Å². The molecule has 2 aromatic heterocycles. The lowest BCUT2D eigenvalue weighted by Crippen LogP contribution is -2.30. The maximum atomic E-state index is 3.89. The van der Waals surface area contributed by atoms with Gasteiger partial charge in [-0.3, -0.25) is 0 Å². The third-order valence-corrected chi connectivity index (χ3v) is 10.1. The van der Waals surface area contributed by atoms with Crippen molar-refractivity contribution in [2.75, 3.05) is 10.6 Å². The average Bonchev–Trinajstić information content (AvgIpc) is 3.68. The van der Waals surface area contributed by atoms with Crippen molar-refractivity contribution in [2.45, 2.75) is 12.1 Å². The molecule has 10 rings (SSSR count). The second kappa shape index (κ2) is 10.6. The molecule has 0 fully saturated rings. The van der Waals surface area contributed by atoms with Crippen LogP contribution >= 0.6 is 0 Å². The van der Waals surface area contributed by atoms with Gasteiger partial charge in [0.05, 0.1) is 45.5 Å². The molecule has 0 radical (unpaired) electrons. The Bertz CT molecular complexity index is 2330. The van der Waals surface area contributed by atoms with Gasteiger partial charge in [-0.2, -0.15) is 0 Å². The van der Waals surface area contributed by atoms with Gasteiger partial charge in [-0.15, -0.1) is 0 Å². The van der Waals surface area contributed by atoms with Crippen LogP contribution in [0.15, 0.2) is 170 Å². The van der Waals surface area contributed by atoms with Gasteiger partial charge in [0.2, 0.25) is 0 Å². The molecular weight excluding hydrogens is 585 g/mol. The number of hydrogen-bond donors (Lipinski definition) is 2. The summed E-state index contributed by atoms with van der Waals surface area (Å²) in [7, 11) is 0. The molecule has 4 nitrogen and oxygen atoms in total. The van der Waals surface area contributed by atoms with Gasteiger partial charge in [0.25, 0.3) is 0 Å². The molecule has 7 aromatic carbocycles. The van der Waals surface area contributed by atoms with E-state index in [1.54, 1.807) is 0 Å². The summed E-state index contributed by atoms with van der Waals surface area (Å²) in [5.41, 5.74) is 11.9. The van der Waals surface area contributed by atoms with Crippen LogP contribution in [0.4, 0.5) is 11.4 Å². The van der Waals surface area contributed by atoms with E-state index in [0.717, 1.165) is 22.7 Å². The number of hydrogen-bond acceptors (Lipinski definition) is 2. The highest BCUT2D eigenvalue weighted by Crippen LogP contribution is 2.43. The monoisotopic (exact) mass is 616 g/mol. The summed E-state index contributed by atoms with van der Waals surface area (Å²) >= 11 is 0. The molecule has 2 N–H and O–H groups in total. The van der Waals surface area contributed by atoms with Gasteiger partial charge >= 0.3 is 0 Å². The number of anilines is 2. The molecule has 0 amide bonds. The SMILES string of the molecule is c1ccc2c(c1)NC(c1ccc(-n3c4ccccc4c4ccccc43)cc1)C(c1ccc(-n3c4ccccc4c4ccccc43)cc1)N2. The average molecular weight is 617 g/mol. The molecule has 0 aliphatic carbocycles. The Morgan fingerprint density at radius 3 is 0.938 bits per heavy atom. The van der Waals surface area contributed by atoms with E-state index < -0.39 is 0 Å². The molecule has 4 heteroatoms. The molecule has 1 aliphatic rings. The molecule has 0 spiro atoms. The zero-order valence-electron chi connectivity index (χ0n) is 26.2. The largest absolute Gasteiger partial charge is 0.374 e. The number of nitrogens with zero attached hydrogens (tertiary/aromatic N) is 2. The molecular formula is C44H32N4. The lowest BCUT2D eigenvalue weighted by molar-refractivity contribution is 0.636. The Kier molecular flexibility index (Phi) is 5.97. The maximum Gasteiger partial charge on any atom is 0.0758 e. The molecule has 0 saturated carbocycles. The summed E-state index contributed by atoms with van der Waals surface area (Å²) in [6.45, 7) is 0. The van der Waals surface area contributed by atoms with Crippen molar-refractivity contribution in [3.63, 3.8) is 0 Å². The predicted molar refractivity (Wildman–Crippen MR) is 201 cm³/mol. The lowest BCUT2D eigenvalue weighted by Gasteiger charge is -2.37. The van der Waals surface area contributed by atoms with E-state index in [2.05, 4.69) is 190 Å². The van der Waals surface area contributed by atoms with Crippen molar-refractivity contribution in [1.29, 1.82) is 0 Å². The van der Waals surface area contributed by atoms with Gasteiger partial charge < -0.3 is 19.8 Å². The molecule has 9 aromatic rings. The van der Waals surface area contributed by atoms with E-state index in [1.807, 2.05) is 0 Å². The Labute approximate surface area is 278 Å². The van der Waals surface area contributed by atoms with Crippen LogP contribution in [0.2, 0.25) is 0 Å². The zero-order chi connectivity index (χ0) is 31.6. The summed E-state index contributed by atoms with van der Waals surface area (Å²) < 4.78 is 4.75. The number of fused-ring (bicyclic) bond motifs is 7. The first-order chi connectivity index (χ1) is 23.8. The van der Waals surface area contributed by atoms with Gasteiger partial charge in [0, 0.05) is 32.9 Å². The second-order valence-electron chi connectivity index (χ2n) is 12.7. The minimum Gasteiger partial charge on any atom is -0.374 e. The molecule has 0 saturated heterocycles. The fourth-order valence-electron chi connectivity index (χ4n) is 7.85. The number of para-hydroxylation sites is 6. The third kappa shape index (κ3) is 4.09. The Morgan fingerprint density at radius 1 is 0.312 bits per heavy atom. The van der Waals surface area contributed by atoms with Crippen molar-refractivity contribution in [1.82, 2.24) is 9.13 Å². The number of benzene rings is 7. The Balaban J connectivity index is 1.05. The van der Waals surface area contributed by atoms with Crippen LogP contribution in [0.3, 0.4) is 0 Å². The third-order valence-electron chi connectivity index (χ3n) is 10.1. The molecule has 228 valence electrons. The summed E-state index contributed by atoms with van der Waals surface area (Å²) in [4.78, 5) is 0. The van der Waals surface area contributed by atoms with E-state index >= 15 is 0 Å². The quantitative estimate of drug-likeness (QED) is 0.206. The van der Waals surface area contributed by atoms with E-state index in [9.17, 15) is 0 Å².